The molecule has 0 radical (unpaired) electrons. The normalized spacial score (nSPS) is 15.0. The molecule has 0 bridgehead atoms. The van der Waals surface area contributed by atoms with Gasteiger partial charge in [-0.1, -0.05) is 12.1 Å². The van der Waals surface area contributed by atoms with Crippen molar-refractivity contribution < 1.29 is 18.7 Å². The summed E-state index contributed by atoms with van der Waals surface area (Å²) in [7, 11) is 0. The summed E-state index contributed by atoms with van der Waals surface area (Å²) in [4.78, 5) is 29.3. The van der Waals surface area contributed by atoms with Crippen molar-refractivity contribution >= 4 is 35.1 Å². The van der Waals surface area contributed by atoms with Crippen LogP contribution in [0.3, 0.4) is 0 Å². The number of pyridine rings is 1. The van der Waals surface area contributed by atoms with Crippen molar-refractivity contribution in [3.63, 3.8) is 0 Å². The van der Waals surface area contributed by atoms with Crippen molar-refractivity contribution in [1.82, 2.24) is 10.3 Å². The Kier molecular flexibility index (Phi) is 8.11. The minimum absolute atomic E-state index is 0.0783. The molecule has 1 aliphatic heterocycles. The topological polar surface area (TPSA) is 92.4 Å². The lowest BCUT2D eigenvalue weighted by molar-refractivity contribution is 0.102. The molecule has 3 amide bonds. The van der Waals surface area contributed by atoms with E-state index in [2.05, 4.69) is 20.9 Å². The fourth-order valence-corrected chi connectivity index (χ4v) is 4.38. The van der Waals surface area contributed by atoms with Crippen LogP contribution < -0.4 is 16.0 Å². The van der Waals surface area contributed by atoms with Crippen LogP contribution in [-0.2, 0) is 10.5 Å². The molecule has 1 aliphatic rings. The molecule has 4 rings (SSSR count). The third-order valence-electron chi connectivity index (χ3n) is 5.22. The molecule has 7 nitrogen and oxygen atoms in total. The number of aromatic nitrogens is 1. The summed E-state index contributed by atoms with van der Waals surface area (Å²) in [6.07, 6.45) is 3.69. The third kappa shape index (κ3) is 6.79. The van der Waals surface area contributed by atoms with Crippen LogP contribution in [0, 0.1) is 5.82 Å². The van der Waals surface area contributed by atoms with E-state index in [1.807, 2.05) is 0 Å². The van der Waals surface area contributed by atoms with E-state index in [-0.39, 0.29) is 23.9 Å². The zero-order chi connectivity index (χ0) is 23.8. The number of urea groups is 1. The molecule has 3 N–H and O–H groups in total. The predicted molar refractivity (Wildman–Crippen MR) is 131 cm³/mol. The molecule has 2 aromatic carbocycles. The number of carbonyl (C=O) groups is 2. The number of nitrogens with one attached hydrogen (secondary N) is 3. The van der Waals surface area contributed by atoms with Crippen molar-refractivity contribution in [1.29, 1.82) is 0 Å². The zero-order valence-corrected chi connectivity index (χ0v) is 19.2. The average molecular weight is 481 g/mol. The van der Waals surface area contributed by atoms with Crippen LogP contribution in [0.1, 0.15) is 28.8 Å². The molecule has 176 valence electrons. The Labute approximate surface area is 201 Å². The number of amides is 3. The lowest BCUT2D eigenvalue weighted by Crippen LogP contribution is -2.35. The number of carbonyl (C=O) groups excluding carboxylic acids is 2. The highest BCUT2D eigenvalue weighted by Crippen LogP contribution is 2.25. The summed E-state index contributed by atoms with van der Waals surface area (Å²) < 4.78 is 18.6. The Hall–Kier alpha value is -3.43. The standard InChI is InChI=1S/C25H25FN4O3S/c26-18-7-5-17(6-8-18)16-34-24-22(4-1-13-27-24)23(31)29-19-9-11-20(12-10-19)30-25(32)28-15-21-3-2-14-33-21/h1,4-13,21H,2-3,14-16H2,(H,29,31)(H2,28,30,32). The summed E-state index contributed by atoms with van der Waals surface area (Å²) in [5, 5.41) is 9.02. The van der Waals surface area contributed by atoms with E-state index in [1.165, 1.54) is 23.9 Å². The molecule has 1 atom stereocenters. The van der Waals surface area contributed by atoms with Gasteiger partial charge in [0.25, 0.3) is 5.91 Å². The van der Waals surface area contributed by atoms with Crippen LogP contribution in [0.2, 0.25) is 0 Å². The Bertz CT molecular complexity index is 1120. The van der Waals surface area contributed by atoms with Crippen molar-refractivity contribution in [2.75, 3.05) is 23.8 Å². The maximum Gasteiger partial charge on any atom is 0.319 e. The highest BCUT2D eigenvalue weighted by Gasteiger charge is 2.16. The highest BCUT2D eigenvalue weighted by molar-refractivity contribution is 7.98. The summed E-state index contributed by atoms with van der Waals surface area (Å²) in [5.74, 6) is -0.00994. The summed E-state index contributed by atoms with van der Waals surface area (Å²) >= 11 is 1.41. The van der Waals surface area contributed by atoms with E-state index in [0.29, 0.717) is 34.3 Å². The van der Waals surface area contributed by atoms with Crippen LogP contribution in [0.4, 0.5) is 20.6 Å². The van der Waals surface area contributed by atoms with Gasteiger partial charge < -0.3 is 20.7 Å². The number of nitrogens with zero attached hydrogens (tertiary/aromatic N) is 1. The van der Waals surface area contributed by atoms with Crippen molar-refractivity contribution in [3.8, 4) is 0 Å². The van der Waals surface area contributed by atoms with Gasteiger partial charge in [-0.2, -0.15) is 0 Å². The van der Waals surface area contributed by atoms with Crippen molar-refractivity contribution in [2.45, 2.75) is 29.7 Å². The monoisotopic (exact) mass is 480 g/mol. The first kappa shape index (κ1) is 23.7. The second-order valence-electron chi connectivity index (χ2n) is 7.77. The van der Waals surface area contributed by atoms with Crippen LogP contribution in [0.5, 0.6) is 0 Å². The van der Waals surface area contributed by atoms with E-state index >= 15 is 0 Å². The first-order chi connectivity index (χ1) is 16.6. The van der Waals surface area contributed by atoms with Gasteiger partial charge in [-0.15, -0.1) is 11.8 Å². The van der Waals surface area contributed by atoms with Crippen LogP contribution in [0.25, 0.3) is 0 Å². The first-order valence-corrected chi connectivity index (χ1v) is 12.0. The van der Waals surface area contributed by atoms with E-state index in [0.717, 1.165) is 25.0 Å². The van der Waals surface area contributed by atoms with E-state index in [9.17, 15) is 14.0 Å². The molecule has 9 heteroatoms. The lowest BCUT2D eigenvalue weighted by Gasteiger charge is -2.12. The highest BCUT2D eigenvalue weighted by atomic mass is 32.2. The maximum absolute atomic E-state index is 13.1. The van der Waals surface area contributed by atoms with Crippen LogP contribution >= 0.6 is 11.8 Å². The number of rotatable bonds is 8. The number of anilines is 2. The quantitative estimate of drug-likeness (QED) is 0.392. The minimum atomic E-state index is -0.300. The number of benzene rings is 2. The van der Waals surface area contributed by atoms with E-state index in [1.54, 1.807) is 54.7 Å². The molecule has 1 aromatic heterocycles. The largest absolute Gasteiger partial charge is 0.376 e. The van der Waals surface area contributed by atoms with Crippen LogP contribution in [0.15, 0.2) is 71.9 Å². The van der Waals surface area contributed by atoms with Gasteiger partial charge in [0.05, 0.1) is 11.7 Å². The van der Waals surface area contributed by atoms with Gasteiger partial charge in [-0.25, -0.2) is 14.2 Å². The third-order valence-corrected chi connectivity index (χ3v) is 6.30. The van der Waals surface area contributed by atoms with E-state index < -0.39 is 0 Å². The van der Waals surface area contributed by atoms with Gasteiger partial charge >= 0.3 is 6.03 Å². The Balaban J connectivity index is 1.31. The van der Waals surface area contributed by atoms with Crippen LogP contribution in [-0.4, -0.2) is 36.2 Å². The molecule has 34 heavy (non-hydrogen) atoms. The molecule has 0 aliphatic carbocycles. The predicted octanol–water partition coefficient (Wildman–Crippen LogP) is 5.07. The molecule has 3 aromatic rings. The number of ether oxygens (including phenoxy) is 1. The van der Waals surface area contributed by atoms with E-state index in [4.69, 9.17) is 4.74 Å². The number of thioether (sulfide) groups is 1. The second kappa shape index (κ2) is 11.6. The summed E-state index contributed by atoms with van der Waals surface area (Å²) in [6, 6.07) is 16.2. The Morgan fingerprint density at radius 2 is 1.76 bits per heavy atom. The summed E-state index contributed by atoms with van der Waals surface area (Å²) in [5.41, 5.74) is 2.59. The van der Waals surface area contributed by atoms with Gasteiger partial charge in [0, 0.05) is 36.5 Å². The molecule has 1 saturated heterocycles. The minimum Gasteiger partial charge on any atom is -0.376 e. The first-order valence-electron chi connectivity index (χ1n) is 11.0. The molecule has 0 spiro atoms. The zero-order valence-electron chi connectivity index (χ0n) is 18.4. The van der Waals surface area contributed by atoms with Gasteiger partial charge in [0.1, 0.15) is 10.8 Å². The van der Waals surface area contributed by atoms with Gasteiger partial charge in [0.15, 0.2) is 0 Å². The van der Waals surface area contributed by atoms with Gasteiger partial charge in [-0.05, 0) is 66.9 Å². The number of halogens is 1. The Morgan fingerprint density at radius 3 is 2.47 bits per heavy atom. The number of hydrogen-bond donors (Lipinski definition) is 3. The smallest absolute Gasteiger partial charge is 0.319 e. The fraction of sp³-hybridized carbons (Fsp3) is 0.240. The molecule has 2 heterocycles. The molecule has 1 unspecified atom stereocenters. The number of hydrogen-bond acceptors (Lipinski definition) is 5. The second-order valence-corrected chi connectivity index (χ2v) is 8.74. The van der Waals surface area contributed by atoms with Gasteiger partial charge in [0.2, 0.25) is 0 Å². The SMILES string of the molecule is O=C(NCC1CCCO1)Nc1ccc(NC(=O)c2cccnc2SCc2ccc(F)cc2)cc1. The lowest BCUT2D eigenvalue weighted by atomic mass is 10.2. The molecule has 0 saturated carbocycles. The molecule has 1 fully saturated rings. The van der Waals surface area contributed by atoms with Crippen molar-refractivity contribution in [3.05, 3.63) is 83.8 Å². The van der Waals surface area contributed by atoms with Gasteiger partial charge in [-0.3, -0.25) is 4.79 Å². The maximum atomic E-state index is 13.1. The van der Waals surface area contributed by atoms with Crippen molar-refractivity contribution in [2.24, 2.45) is 0 Å². The average Bonchev–Trinajstić information content (AvgIpc) is 3.38. The fourth-order valence-electron chi connectivity index (χ4n) is 3.43. The molecular formula is C25H25FN4O3S. The summed E-state index contributed by atoms with van der Waals surface area (Å²) in [6.45, 7) is 1.22. The Morgan fingerprint density at radius 1 is 1.03 bits per heavy atom. The molecular weight excluding hydrogens is 455 g/mol.